The van der Waals surface area contributed by atoms with Crippen LogP contribution in [0.4, 0.5) is 0 Å². The molecule has 0 spiro atoms. The lowest BCUT2D eigenvalue weighted by atomic mass is 10.2. The number of benzene rings is 2. The van der Waals surface area contributed by atoms with Crippen LogP contribution in [0, 0.1) is 0 Å². The Morgan fingerprint density at radius 1 is 1.16 bits per heavy atom. The van der Waals surface area contributed by atoms with Crippen LogP contribution in [0.1, 0.15) is 5.89 Å². The standard InChI is InChI=1S/C17H13Cl2N3O3/c18-11-4-3-5-12(8-11)24-10-15(23)20-9-16-21-17(22-25-16)13-6-1-2-7-14(13)19/h1-8H,9-10H2,(H,20,23). The van der Waals surface area contributed by atoms with E-state index in [0.29, 0.717) is 27.2 Å². The van der Waals surface area contributed by atoms with E-state index in [1.165, 1.54) is 0 Å². The fourth-order valence-electron chi connectivity index (χ4n) is 2.01. The van der Waals surface area contributed by atoms with Crippen LogP contribution in [0.3, 0.4) is 0 Å². The number of ether oxygens (including phenoxy) is 1. The van der Waals surface area contributed by atoms with Crippen molar-refractivity contribution in [3.8, 4) is 17.1 Å². The quantitative estimate of drug-likeness (QED) is 0.707. The molecule has 3 rings (SSSR count). The molecular formula is C17H13Cl2N3O3. The van der Waals surface area contributed by atoms with Crippen molar-refractivity contribution in [2.45, 2.75) is 6.54 Å². The number of carbonyl (C=O) groups is 1. The molecule has 2 aromatic carbocycles. The highest BCUT2D eigenvalue weighted by atomic mass is 35.5. The van der Waals surface area contributed by atoms with Gasteiger partial charge in [0.25, 0.3) is 5.91 Å². The van der Waals surface area contributed by atoms with Crippen molar-refractivity contribution in [2.24, 2.45) is 0 Å². The first-order chi connectivity index (χ1) is 12.1. The van der Waals surface area contributed by atoms with Crippen LogP contribution in [-0.4, -0.2) is 22.7 Å². The number of rotatable bonds is 6. The Balaban J connectivity index is 1.52. The molecule has 1 aromatic heterocycles. The molecule has 0 aliphatic heterocycles. The molecular weight excluding hydrogens is 365 g/mol. The molecule has 0 atom stereocenters. The smallest absolute Gasteiger partial charge is 0.258 e. The number of aromatic nitrogens is 2. The van der Waals surface area contributed by atoms with Gasteiger partial charge in [-0.15, -0.1) is 0 Å². The van der Waals surface area contributed by atoms with Crippen LogP contribution in [0.15, 0.2) is 53.1 Å². The van der Waals surface area contributed by atoms with Gasteiger partial charge in [0.15, 0.2) is 6.61 Å². The molecule has 0 aliphatic carbocycles. The largest absolute Gasteiger partial charge is 0.484 e. The number of hydrogen-bond acceptors (Lipinski definition) is 5. The lowest BCUT2D eigenvalue weighted by Crippen LogP contribution is -2.28. The summed E-state index contributed by atoms with van der Waals surface area (Å²) in [6.45, 7) is -0.0545. The number of nitrogens with zero attached hydrogens (tertiary/aromatic N) is 2. The van der Waals surface area contributed by atoms with E-state index in [1.807, 2.05) is 12.1 Å². The summed E-state index contributed by atoms with van der Waals surface area (Å²) in [5, 5.41) is 7.56. The van der Waals surface area contributed by atoms with E-state index < -0.39 is 0 Å². The van der Waals surface area contributed by atoms with Gasteiger partial charge in [0.05, 0.1) is 11.6 Å². The van der Waals surface area contributed by atoms with Crippen molar-refractivity contribution in [1.29, 1.82) is 0 Å². The molecule has 0 radical (unpaired) electrons. The monoisotopic (exact) mass is 377 g/mol. The molecule has 6 nitrogen and oxygen atoms in total. The van der Waals surface area contributed by atoms with E-state index in [0.717, 1.165) is 0 Å². The third kappa shape index (κ3) is 4.71. The van der Waals surface area contributed by atoms with Crippen LogP contribution in [0.25, 0.3) is 11.4 Å². The molecule has 1 amide bonds. The van der Waals surface area contributed by atoms with Crippen LogP contribution in [0.5, 0.6) is 5.75 Å². The Morgan fingerprint density at radius 2 is 2.00 bits per heavy atom. The highest BCUT2D eigenvalue weighted by molar-refractivity contribution is 6.33. The first-order valence-corrected chi connectivity index (χ1v) is 8.10. The summed E-state index contributed by atoms with van der Waals surface area (Å²) >= 11 is 11.9. The van der Waals surface area contributed by atoms with Gasteiger partial charge in [-0.05, 0) is 30.3 Å². The number of halogens is 2. The van der Waals surface area contributed by atoms with E-state index in [2.05, 4.69) is 15.5 Å². The van der Waals surface area contributed by atoms with E-state index >= 15 is 0 Å². The maximum atomic E-state index is 11.8. The summed E-state index contributed by atoms with van der Waals surface area (Å²) in [5.74, 6) is 0.829. The second-order valence-electron chi connectivity index (χ2n) is 5.01. The molecule has 3 aromatic rings. The topological polar surface area (TPSA) is 77.2 Å². The molecule has 128 valence electrons. The summed E-state index contributed by atoms with van der Waals surface area (Å²) in [6, 6.07) is 14.0. The zero-order chi connectivity index (χ0) is 17.6. The van der Waals surface area contributed by atoms with Gasteiger partial charge in [-0.1, -0.05) is 46.6 Å². The van der Waals surface area contributed by atoms with Gasteiger partial charge in [0, 0.05) is 10.6 Å². The van der Waals surface area contributed by atoms with Gasteiger partial charge in [-0.25, -0.2) is 0 Å². The highest BCUT2D eigenvalue weighted by Gasteiger charge is 2.12. The number of amides is 1. The lowest BCUT2D eigenvalue weighted by molar-refractivity contribution is -0.123. The highest BCUT2D eigenvalue weighted by Crippen LogP contribution is 2.24. The molecule has 25 heavy (non-hydrogen) atoms. The van der Waals surface area contributed by atoms with Crippen molar-refractivity contribution < 1.29 is 14.1 Å². The average molecular weight is 378 g/mol. The van der Waals surface area contributed by atoms with Crippen LogP contribution >= 0.6 is 23.2 Å². The zero-order valence-corrected chi connectivity index (χ0v) is 14.4. The zero-order valence-electron chi connectivity index (χ0n) is 12.9. The second-order valence-corrected chi connectivity index (χ2v) is 5.86. The average Bonchev–Trinajstić information content (AvgIpc) is 3.07. The summed E-state index contributed by atoms with van der Waals surface area (Å²) in [7, 11) is 0. The Morgan fingerprint density at radius 3 is 2.80 bits per heavy atom. The normalized spacial score (nSPS) is 10.5. The molecule has 8 heteroatoms. The van der Waals surface area contributed by atoms with Crippen LogP contribution in [-0.2, 0) is 11.3 Å². The van der Waals surface area contributed by atoms with E-state index in [4.69, 9.17) is 32.5 Å². The van der Waals surface area contributed by atoms with E-state index in [-0.39, 0.29) is 24.9 Å². The molecule has 0 saturated carbocycles. The number of nitrogens with one attached hydrogen (secondary N) is 1. The Hall–Kier alpha value is -2.57. The molecule has 0 aliphatic rings. The molecule has 1 N–H and O–H groups in total. The van der Waals surface area contributed by atoms with Crippen molar-refractivity contribution in [3.63, 3.8) is 0 Å². The third-order valence-electron chi connectivity index (χ3n) is 3.19. The van der Waals surface area contributed by atoms with Crippen molar-refractivity contribution in [1.82, 2.24) is 15.5 Å². The van der Waals surface area contributed by atoms with Crippen molar-refractivity contribution in [2.75, 3.05) is 6.61 Å². The van der Waals surface area contributed by atoms with Crippen molar-refractivity contribution in [3.05, 3.63) is 64.5 Å². The van der Waals surface area contributed by atoms with Gasteiger partial charge in [-0.2, -0.15) is 4.98 Å². The summed E-state index contributed by atoms with van der Waals surface area (Å²) in [4.78, 5) is 16.0. The summed E-state index contributed by atoms with van der Waals surface area (Å²) < 4.78 is 10.5. The lowest BCUT2D eigenvalue weighted by Gasteiger charge is -2.06. The van der Waals surface area contributed by atoms with Crippen LogP contribution < -0.4 is 10.1 Å². The number of carbonyl (C=O) groups excluding carboxylic acids is 1. The fourth-order valence-corrected chi connectivity index (χ4v) is 2.41. The molecule has 0 bridgehead atoms. The van der Waals surface area contributed by atoms with E-state index in [9.17, 15) is 4.79 Å². The van der Waals surface area contributed by atoms with Gasteiger partial charge >= 0.3 is 0 Å². The van der Waals surface area contributed by atoms with Gasteiger partial charge in [0.2, 0.25) is 11.7 Å². The SMILES string of the molecule is O=C(COc1cccc(Cl)c1)NCc1nc(-c2ccccc2Cl)no1. The first-order valence-electron chi connectivity index (χ1n) is 7.34. The minimum Gasteiger partial charge on any atom is -0.484 e. The van der Waals surface area contributed by atoms with Gasteiger partial charge < -0.3 is 14.6 Å². The summed E-state index contributed by atoms with van der Waals surface area (Å²) in [6.07, 6.45) is 0. The Labute approximate surface area is 153 Å². The van der Waals surface area contributed by atoms with Gasteiger partial charge in [0.1, 0.15) is 5.75 Å². The fraction of sp³-hybridized carbons (Fsp3) is 0.118. The summed E-state index contributed by atoms with van der Waals surface area (Å²) in [5.41, 5.74) is 0.662. The second kappa shape index (κ2) is 8.00. The molecule has 0 fully saturated rings. The maximum Gasteiger partial charge on any atom is 0.258 e. The molecule has 0 saturated heterocycles. The van der Waals surface area contributed by atoms with Gasteiger partial charge in [-0.3, -0.25) is 4.79 Å². The predicted molar refractivity (Wildman–Crippen MR) is 93.5 cm³/mol. The molecule has 1 heterocycles. The molecule has 0 unspecified atom stereocenters. The Bertz CT molecular complexity index is 883. The Kier molecular flexibility index (Phi) is 5.53. The van der Waals surface area contributed by atoms with E-state index in [1.54, 1.807) is 36.4 Å². The number of hydrogen-bond donors (Lipinski definition) is 1. The maximum absolute atomic E-state index is 11.8. The predicted octanol–water partition coefficient (Wildman–Crippen LogP) is 3.74. The minimum absolute atomic E-state index is 0.0925. The first kappa shape index (κ1) is 17.3. The van der Waals surface area contributed by atoms with Crippen molar-refractivity contribution >= 4 is 29.1 Å². The minimum atomic E-state index is -0.322. The third-order valence-corrected chi connectivity index (χ3v) is 3.75. The van der Waals surface area contributed by atoms with Crippen LogP contribution in [0.2, 0.25) is 10.0 Å².